The topological polar surface area (TPSA) is 78.8 Å². The average Bonchev–Trinajstić information content (AvgIpc) is 3.06. The van der Waals surface area contributed by atoms with Gasteiger partial charge in [0.1, 0.15) is 5.84 Å². The highest BCUT2D eigenvalue weighted by Gasteiger charge is 2.45. The van der Waals surface area contributed by atoms with E-state index in [0.29, 0.717) is 17.9 Å². The van der Waals surface area contributed by atoms with E-state index in [4.69, 9.17) is 0 Å². The normalized spacial score (nSPS) is 19.5. The van der Waals surface area contributed by atoms with Gasteiger partial charge < -0.3 is 10.2 Å². The van der Waals surface area contributed by atoms with Gasteiger partial charge >= 0.3 is 0 Å². The fourth-order valence-electron chi connectivity index (χ4n) is 4.03. The van der Waals surface area contributed by atoms with Gasteiger partial charge in [0, 0.05) is 30.2 Å². The van der Waals surface area contributed by atoms with Crippen molar-refractivity contribution in [3.05, 3.63) is 58.6 Å². The predicted octanol–water partition coefficient (Wildman–Crippen LogP) is 4.32. The minimum absolute atomic E-state index is 0.0828. The smallest absolute Gasteiger partial charge is 0.284 e. The molecule has 4 rings (SSSR count). The van der Waals surface area contributed by atoms with E-state index in [2.05, 4.69) is 25.6 Å². The molecule has 2 aromatic rings. The summed E-state index contributed by atoms with van der Waals surface area (Å²) in [5, 5.41) is 2.94. The minimum Gasteiger partial charge on any atom is -0.362 e. The molecule has 1 heterocycles. The molecule has 1 saturated heterocycles. The molecule has 2 aromatic carbocycles. The monoisotopic (exact) mass is 489 g/mol. The lowest BCUT2D eigenvalue weighted by Crippen LogP contribution is -2.46. The summed E-state index contributed by atoms with van der Waals surface area (Å²) in [5.41, 5.74) is 0.876. The molecule has 1 aliphatic heterocycles. The van der Waals surface area contributed by atoms with Crippen LogP contribution < -0.4 is 5.32 Å². The molecule has 1 amide bonds. The van der Waals surface area contributed by atoms with Gasteiger partial charge in [-0.25, -0.2) is 0 Å². The van der Waals surface area contributed by atoms with Crippen LogP contribution in [0.2, 0.25) is 0 Å². The fourth-order valence-corrected chi connectivity index (χ4v) is 5.44. The number of amidine groups is 1. The van der Waals surface area contributed by atoms with Gasteiger partial charge in [-0.3, -0.25) is 4.79 Å². The molecule has 2 fully saturated rings. The Balaban J connectivity index is 1.57. The Morgan fingerprint density at radius 2 is 1.87 bits per heavy atom. The number of likely N-dealkylation sites (tertiary alicyclic amines) is 1. The highest BCUT2D eigenvalue weighted by Crippen LogP contribution is 2.45. The Morgan fingerprint density at radius 3 is 2.47 bits per heavy atom. The molecule has 158 valence electrons. The standard InChI is InChI=1S/C22H24BrN3O3S/c1-26-14-3-7-20(26)25-30(28,29)19-6-2-5-18(15-19)24-21(27)22(12-4-13-22)16-8-10-17(23)11-9-16/h2,5-6,8-11,15H,3-4,7,12-14H2,1H3,(H,24,27). The van der Waals surface area contributed by atoms with Crippen molar-refractivity contribution in [1.29, 1.82) is 0 Å². The third kappa shape index (κ3) is 4.03. The number of carbonyl (C=O) groups excluding carboxylic acids is 1. The van der Waals surface area contributed by atoms with Gasteiger partial charge in [0.25, 0.3) is 10.0 Å². The van der Waals surface area contributed by atoms with E-state index < -0.39 is 15.4 Å². The van der Waals surface area contributed by atoms with E-state index >= 15 is 0 Å². The summed E-state index contributed by atoms with van der Waals surface area (Å²) >= 11 is 3.43. The number of carbonyl (C=O) groups is 1. The summed E-state index contributed by atoms with van der Waals surface area (Å²) in [6, 6.07) is 14.2. The first-order chi connectivity index (χ1) is 14.3. The number of halogens is 1. The van der Waals surface area contributed by atoms with Gasteiger partial charge in [-0.2, -0.15) is 8.42 Å². The summed E-state index contributed by atoms with van der Waals surface area (Å²) in [7, 11) is -1.98. The second kappa shape index (κ2) is 8.15. The maximum atomic E-state index is 13.2. The van der Waals surface area contributed by atoms with Crippen LogP contribution in [0.3, 0.4) is 0 Å². The van der Waals surface area contributed by atoms with Gasteiger partial charge in [-0.15, -0.1) is 4.40 Å². The zero-order valence-electron chi connectivity index (χ0n) is 16.8. The second-order valence-corrected chi connectivity index (χ2v) is 10.5. The van der Waals surface area contributed by atoms with Crippen LogP contribution in [0.4, 0.5) is 5.69 Å². The number of rotatable bonds is 5. The molecular formula is C22H24BrN3O3S. The SMILES string of the molecule is CN1CCCC1=NS(=O)(=O)c1cccc(NC(=O)C2(c3ccc(Br)cc3)CCC2)c1. The van der Waals surface area contributed by atoms with Crippen molar-refractivity contribution in [3.8, 4) is 0 Å². The molecule has 0 bridgehead atoms. The Kier molecular flexibility index (Phi) is 5.72. The summed E-state index contributed by atoms with van der Waals surface area (Å²) < 4.78 is 30.5. The zero-order valence-corrected chi connectivity index (χ0v) is 19.2. The van der Waals surface area contributed by atoms with Crippen molar-refractivity contribution in [2.45, 2.75) is 42.4 Å². The molecule has 2 aliphatic rings. The quantitative estimate of drug-likeness (QED) is 0.677. The Labute approximate surface area is 185 Å². The Hall–Kier alpha value is -2.19. The first-order valence-electron chi connectivity index (χ1n) is 10.0. The summed E-state index contributed by atoms with van der Waals surface area (Å²) in [4.78, 5) is 15.1. The summed E-state index contributed by atoms with van der Waals surface area (Å²) in [6.07, 6.45) is 4.10. The van der Waals surface area contributed by atoms with E-state index in [1.54, 1.807) is 12.1 Å². The molecule has 6 nitrogen and oxygen atoms in total. The van der Waals surface area contributed by atoms with Crippen LogP contribution in [-0.4, -0.2) is 38.7 Å². The number of anilines is 1. The van der Waals surface area contributed by atoms with E-state index in [1.165, 1.54) is 12.1 Å². The van der Waals surface area contributed by atoms with Crippen LogP contribution in [0, 0.1) is 0 Å². The molecule has 8 heteroatoms. The highest BCUT2D eigenvalue weighted by atomic mass is 79.9. The van der Waals surface area contributed by atoms with Crippen molar-refractivity contribution in [2.75, 3.05) is 18.9 Å². The summed E-state index contributed by atoms with van der Waals surface area (Å²) in [6.45, 7) is 0.808. The molecule has 1 saturated carbocycles. The first-order valence-corrected chi connectivity index (χ1v) is 12.3. The number of sulfonamides is 1. The molecule has 0 unspecified atom stereocenters. The largest absolute Gasteiger partial charge is 0.362 e. The number of nitrogens with one attached hydrogen (secondary N) is 1. The van der Waals surface area contributed by atoms with Crippen LogP contribution in [0.25, 0.3) is 0 Å². The average molecular weight is 490 g/mol. The lowest BCUT2D eigenvalue weighted by Gasteiger charge is -2.40. The highest BCUT2D eigenvalue weighted by molar-refractivity contribution is 9.10. The lowest BCUT2D eigenvalue weighted by atomic mass is 9.64. The first kappa shape index (κ1) is 21.1. The van der Waals surface area contributed by atoms with Crippen molar-refractivity contribution in [3.63, 3.8) is 0 Å². The maximum Gasteiger partial charge on any atom is 0.284 e. The molecule has 1 aliphatic carbocycles. The number of hydrogen-bond donors (Lipinski definition) is 1. The second-order valence-electron chi connectivity index (χ2n) is 7.93. The number of benzene rings is 2. The molecule has 0 radical (unpaired) electrons. The molecule has 1 N–H and O–H groups in total. The fraction of sp³-hybridized carbons (Fsp3) is 0.364. The van der Waals surface area contributed by atoms with Crippen LogP contribution in [0.5, 0.6) is 0 Å². The predicted molar refractivity (Wildman–Crippen MR) is 121 cm³/mol. The third-order valence-electron chi connectivity index (χ3n) is 5.99. The van der Waals surface area contributed by atoms with Crippen molar-refractivity contribution >= 4 is 43.4 Å². The summed E-state index contributed by atoms with van der Waals surface area (Å²) in [5.74, 6) is 0.473. The zero-order chi connectivity index (χ0) is 21.4. The van der Waals surface area contributed by atoms with E-state index in [9.17, 15) is 13.2 Å². The van der Waals surface area contributed by atoms with Crippen LogP contribution in [0.1, 0.15) is 37.7 Å². The van der Waals surface area contributed by atoms with Crippen molar-refractivity contribution in [1.82, 2.24) is 4.90 Å². The molecule has 0 aromatic heterocycles. The van der Waals surface area contributed by atoms with E-state index in [-0.39, 0.29) is 10.8 Å². The number of amides is 1. The molecular weight excluding hydrogens is 466 g/mol. The minimum atomic E-state index is -3.83. The van der Waals surface area contributed by atoms with Gasteiger partial charge in [-0.05, 0) is 55.2 Å². The third-order valence-corrected chi connectivity index (χ3v) is 7.82. The number of nitrogens with zero attached hydrogens (tertiary/aromatic N) is 2. The molecule has 0 atom stereocenters. The molecule has 30 heavy (non-hydrogen) atoms. The van der Waals surface area contributed by atoms with Crippen LogP contribution in [-0.2, 0) is 20.2 Å². The van der Waals surface area contributed by atoms with Gasteiger partial charge in [0.2, 0.25) is 5.91 Å². The Morgan fingerprint density at radius 1 is 1.13 bits per heavy atom. The van der Waals surface area contributed by atoms with Crippen LogP contribution in [0.15, 0.2) is 62.3 Å². The van der Waals surface area contributed by atoms with E-state index in [1.807, 2.05) is 36.2 Å². The maximum absolute atomic E-state index is 13.2. The van der Waals surface area contributed by atoms with Crippen LogP contribution >= 0.6 is 15.9 Å². The lowest BCUT2D eigenvalue weighted by molar-refractivity contribution is -0.124. The van der Waals surface area contributed by atoms with Gasteiger partial charge in [0.05, 0.1) is 10.3 Å². The van der Waals surface area contributed by atoms with Gasteiger partial charge in [-0.1, -0.05) is 40.5 Å². The van der Waals surface area contributed by atoms with Crippen molar-refractivity contribution in [2.24, 2.45) is 4.40 Å². The van der Waals surface area contributed by atoms with E-state index in [0.717, 1.165) is 42.3 Å². The number of hydrogen-bond acceptors (Lipinski definition) is 3. The van der Waals surface area contributed by atoms with Gasteiger partial charge in [0.15, 0.2) is 0 Å². The van der Waals surface area contributed by atoms with Crippen molar-refractivity contribution < 1.29 is 13.2 Å². The molecule has 0 spiro atoms. The Bertz CT molecular complexity index is 1090.